The van der Waals surface area contributed by atoms with Crippen molar-refractivity contribution in [3.63, 3.8) is 0 Å². The molecule has 0 saturated carbocycles. The maximum absolute atomic E-state index is 11.9. The van der Waals surface area contributed by atoms with E-state index in [4.69, 9.17) is 2.74 Å². The SMILES string of the molecule is [2H]c1c([2H])c(-c2c([2H])c(-n3c4ccccc4c4ccccc43)c([2H])c(C(C)(C)C)c2[2H])c([2H])c2c1B1c3c(cc(C(C)(C)C)cc3N(c3c(-c4ccccc4)cc(C(C)(C)C)cc3-c3ccccc3)c3c([2H])c(-n4c5c([2H])c([2H])c([2H])c([2H])c5c5c([2H])c([2H])c([2H])c([2H])c54)c([2H])c([2H])c31)N2c1c(-c2ccccc2)cc(C(C)(C)C)cc1-c1ccccc1. The number of nitrogens with zero attached hydrogens (tertiary/aromatic N) is 4. The molecule has 0 spiro atoms. The van der Waals surface area contributed by atoms with Gasteiger partial charge in [0.1, 0.15) is 0 Å². The van der Waals surface area contributed by atoms with Gasteiger partial charge in [-0.25, -0.2) is 0 Å². The smallest absolute Gasteiger partial charge is 0.252 e. The Morgan fingerprint density at radius 3 is 1.08 bits per heavy atom. The second kappa shape index (κ2) is 24.5. The van der Waals surface area contributed by atoms with Gasteiger partial charge < -0.3 is 18.9 Å². The van der Waals surface area contributed by atoms with Crippen molar-refractivity contribution in [3.05, 3.63) is 331 Å². The minimum atomic E-state index is -1.52. The number of rotatable bonds is 9. The fourth-order valence-corrected chi connectivity index (χ4v) is 15.5. The molecule has 0 amide bonds. The van der Waals surface area contributed by atoms with E-state index >= 15 is 0 Å². The van der Waals surface area contributed by atoms with Crippen molar-refractivity contribution in [3.8, 4) is 67.0 Å². The number of fused-ring (bicyclic) bond motifs is 10. The van der Waals surface area contributed by atoms with Crippen molar-refractivity contribution in [2.24, 2.45) is 0 Å². The van der Waals surface area contributed by atoms with E-state index in [2.05, 4.69) is 98.7 Å². The van der Waals surface area contributed by atoms with Gasteiger partial charge in [-0.3, -0.25) is 0 Å². The molecule has 2 aliphatic rings. The van der Waals surface area contributed by atoms with Gasteiger partial charge in [-0.05, 0) is 185 Å². The lowest BCUT2D eigenvalue weighted by Gasteiger charge is -2.47. The highest BCUT2D eigenvalue weighted by molar-refractivity contribution is 7.00. The van der Waals surface area contributed by atoms with E-state index in [9.17, 15) is 20.6 Å². The third-order valence-electron chi connectivity index (χ3n) is 21.0. The molecule has 4 nitrogen and oxygen atoms in total. The van der Waals surface area contributed by atoms with Crippen LogP contribution in [-0.2, 0) is 21.7 Å². The Hall–Kier alpha value is -11.7. The molecule has 2 aromatic heterocycles. The van der Waals surface area contributed by atoms with Gasteiger partial charge in [0.25, 0.3) is 6.71 Å². The van der Waals surface area contributed by atoms with Crippen LogP contribution in [0.3, 0.4) is 0 Å². The van der Waals surface area contributed by atoms with E-state index in [0.29, 0.717) is 67.1 Å². The van der Waals surface area contributed by atoms with E-state index in [0.717, 1.165) is 48.7 Å². The summed E-state index contributed by atoms with van der Waals surface area (Å²) in [5, 5.41) is 1.07. The van der Waals surface area contributed by atoms with Crippen LogP contribution in [0.25, 0.3) is 111 Å². The molecule has 0 aliphatic carbocycles. The Balaban J connectivity index is 1.11. The van der Waals surface area contributed by atoms with Gasteiger partial charge in [-0.15, -0.1) is 0 Å². The summed E-state index contributed by atoms with van der Waals surface area (Å²) in [6.07, 6.45) is 0. The summed E-state index contributed by atoms with van der Waals surface area (Å²) < 4.78 is 180. The third kappa shape index (κ3) is 11.0. The van der Waals surface area contributed by atoms with Crippen molar-refractivity contribution in [1.29, 1.82) is 0 Å². The van der Waals surface area contributed by atoms with Crippen molar-refractivity contribution in [1.82, 2.24) is 9.13 Å². The lowest BCUT2D eigenvalue weighted by Crippen LogP contribution is -2.61. The average Bonchev–Trinajstić information content (AvgIpc) is 0.768. The molecule has 4 heterocycles. The van der Waals surface area contributed by atoms with Crippen LogP contribution in [0.1, 0.15) is 129 Å². The first-order chi connectivity index (χ1) is 57.8. The monoisotopic (exact) mass is 1370 g/mol. The Bertz CT molecular complexity index is 6950. The lowest BCUT2D eigenvalue weighted by atomic mass is 9.33. The molecule has 16 aromatic rings. The fourth-order valence-electron chi connectivity index (χ4n) is 15.5. The predicted octanol–water partition coefficient (Wildman–Crippen LogP) is 25.5. The second-order valence-electron chi connectivity index (χ2n) is 32.0. The van der Waals surface area contributed by atoms with Gasteiger partial charge in [-0.2, -0.15) is 0 Å². The van der Waals surface area contributed by atoms with Gasteiger partial charge in [0, 0.05) is 77.9 Å². The first kappa shape index (κ1) is 49.1. The zero-order valence-electron chi connectivity index (χ0n) is 78.0. The second-order valence-corrected chi connectivity index (χ2v) is 32.0. The number of aromatic nitrogens is 2. The standard InChI is InChI=1S/C100H87BN4/c1-97(2,3)70-53-69(54-75(56-70)103-88-47-31-27-43-78(88)79-44-28-32-48-89(79)103)68-49-51-84-90(55-68)104(95-80(64-33-17-13-18-34-64)57-71(98(4,5)6)58-81(95)65-35-19-14-20-36-65)92-61-73(100(10,11)12)62-93-94(92)101(84)85-52-50-74(102-86-45-29-25-41-76(86)77-42-26-30-46-87(77)102)63-91(85)105(93)96-82(66-37-21-15-22-38-66)59-72(99(7,8)9)60-83(96)67-39-23-16-24-40-67/h13-63H,1-12H3/i25D,26D,29D,30D,41D,42D,45D,46D,49D,50D,51D,52D,53D,54D,55D,56D,63D. The Kier molecular flexibility index (Phi) is 11.5. The maximum Gasteiger partial charge on any atom is 0.252 e. The third-order valence-corrected chi connectivity index (χ3v) is 21.0. The first-order valence-electron chi connectivity index (χ1n) is 44.6. The zero-order valence-corrected chi connectivity index (χ0v) is 61.0. The molecule has 14 aromatic carbocycles. The molecule has 5 heteroatoms. The molecular weight excluding hydrogens is 1270 g/mol. The Labute approximate surface area is 643 Å². The quantitative estimate of drug-likeness (QED) is 0.134. The Morgan fingerprint density at radius 2 is 0.648 bits per heavy atom. The van der Waals surface area contributed by atoms with Crippen LogP contribution < -0.4 is 26.2 Å². The molecule has 0 radical (unpaired) electrons. The average molecular weight is 1370 g/mol. The molecule has 105 heavy (non-hydrogen) atoms. The minimum Gasteiger partial charge on any atom is -0.310 e. The molecule has 0 atom stereocenters. The molecule has 18 rings (SSSR count). The molecule has 2 aliphatic heterocycles. The highest BCUT2D eigenvalue weighted by Crippen LogP contribution is 2.56. The molecule has 0 saturated heterocycles. The van der Waals surface area contributed by atoms with Gasteiger partial charge in [0.2, 0.25) is 0 Å². The number of benzene rings is 14. The molecular formula is C100H87BN4. The van der Waals surface area contributed by atoms with Gasteiger partial charge in [0.15, 0.2) is 0 Å². The van der Waals surface area contributed by atoms with Crippen LogP contribution in [-0.4, -0.2) is 15.8 Å². The van der Waals surface area contributed by atoms with Crippen LogP contribution in [0.5, 0.6) is 0 Å². The summed E-state index contributed by atoms with van der Waals surface area (Å²) in [5.74, 6) is 0. The highest BCUT2D eigenvalue weighted by atomic mass is 15.2. The van der Waals surface area contributed by atoms with Gasteiger partial charge >= 0.3 is 0 Å². The summed E-state index contributed by atoms with van der Waals surface area (Å²) in [7, 11) is 0. The number of hydrogen-bond donors (Lipinski definition) is 0. The fraction of sp³-hybridized carbons (Fsp3) is 0.160. The predicted molar refractivity (Wildman–Crippen MR) is 451 cm³/mol. The molecule has 0 N–H and O–H groups in total. The minimum absolute atomic E-state index is 0.0107. The first-order valence-corrected chi connectivity index (χ1v) is 36.1. The van der Waals surface area contributed by atoms with E-state index in [-0.39, 0.29) is 84.6 Å². The Morgan fingerprint density at radius 1 is 0.276 bits per heavy atom. The van der Waals surface area contributed by atoms with Crippen LogP contribution in [0.4, 0.5) is 34.1 Å². The molecule has 0 unspecified atom stereocenters. The van der Waals surface area contributed by atoms with Crippen molar-refractivity contribution in [2.75, 3.05) is 9.80 Å². The van der Waals surface area contributed by atoms with Gasteiger partial charge in [-0.1, -0.05) is 301 Å². The van der Waals surface area contributed by atoms with E-state index < -0.39 is 119 Å². The molecule has 0 fully saturated rings. The normalized spacial score (nSPS) is 15.4. The van der Waals surface area contributed by atoms with Crippen molar-refractivity contribution >= 4 is 101 Å². The van der Waals surface area contributed by atoms with E-state index in [1.54, 1.807) is 0 Å². The summed E-state index contributed by atoms with van der Waals surface area (Å²) in [6.45, 7) is 23.3. The lowest BCUT2D eigenvalue weighted by molar-refractivity contribution is 0.590. The summed E-state index contributed by atoms with van der Waals surface area (Å²) in [5.41, 5.74) is 7.58. The van der Waals surface area contributed by atoms with Crippen LogP contribution in [0, 0.1) is 0 Å². The molecule has 510 valence electrons. The number of anilines is 6. The summed E-state index contributed by atoms with van der Waals surface area (Å²) >= 11 is 0. The number of hydrogen-bond acceptors (Lipinski definition) is 2. The number of para-hydroxylation sites is 4. The van der Waals surface area contributed by atoms with E-state index in [1.165, 1.54) is 0 Å². The van der Waals surface area contributed by atoms with Crippen molar-refractivity contribution < 1.29 is 23.3 Å². The summed E-state index contributed by atoms with van der Waals surface area (Å²) in [4.78, 5) is 4.00. The van der Waals surface area contributed by atoms with Gasteiger partial charge in [0.05, 0.1) is 56.7 Å². The largest absolute Gasteiger partial charge is 0.310 e. The maximum atomic E-state index is 11.9. The molecule has 0 bridgehead atoms. The van der Waals surface area contributed by atoms with Crippen LogP contribution >= 0.6 is 0 Å². The highest BCUT2D eigenvalue weighted by Gasteiger charge is 2.47. The summed E-state index contributed by atoms with van der Waals surface area (Å²) in [6, 6.07) is 58.3. The van der Waals surface area contributed by atoms with Crippen LogP contribution in [0.2, 0.25) is 0 Å². The van der Waals surface area contributed by atoms with E-state index in [1.807, 2.05) is 205 Å². The topological polar surface area (TPSA) is 16.3 Å². The van der Waals surface area contributed by atoms with Crippen molar-refractivity contribution in [2.45, 2.75) is 105 Å². The van der Waals surface area contributed by atoms with Crippen LogP contribution in [0.15, 0.2) is 309 Å². The zero-order chi connectivity index (χ0) is 86.8.